The van der Waals surface area contributed by atoms with E-state index in [4.69, 9.17) is 5.73 Å². The molecule has 2 heterocycles. The molecular formula is C14H24N4O2S. The highest BCUT2D eigenvalue weighted by atomic mass is 32.2. The van der Waals surface area contributed by atoms with Crippen LogP contribution in [-0.4, -0.2) is 49.6 Å². The van der Waals surface area contributed by atoms with Gasteiger partial charge in [0.25, 0.3) is 0 Å². The summed E-state index contributed by atoms with van der Waals surface area (Å²) in [4.78, 5) is 6.37. The van der Waals surface area contributed by atoms with Crippen molar-refractivity contribution < 1.29 is 8.42 Å². The number of nitrogens with zero attached hydrogens (tertiary/aromatic N) is 3. The van der Waals surface area contributed by atoms with E-state index < -0.39 is 10.0 Å². The van der Waals surface area contributed by atoms with Gasteiger partial charge in [0.05, 0.1) is 17.6 Å². The molecule has 1 aromatic rings. The highest BCUT2D eigenvalue weighted by molar-refractivity contribution is 7.89. The average Bonchev–Trinajstić information content (AvgIpc) is 2.37. The summed E-state index contributed by atoms with van der Waals surface area (Å²) >= 11 is 0. The molecule has 2 rings (SSSR count). The van der Waals surface area contributed by atoms with E-state index in [1.165, 1.54) is 0 Å². The van der Waals surface area contributed by atoms with Gasteiger partial charge in [-0.2, -0.15) is 4.31 Å². The maximum absolute atomic E-state index is 12.4. The first kappa shape index (κ1) is 16.0. The quantitative estimate of drug-likeness (QED) is 0.906. The minimum atomic E-state index is -3.19. The lowest BCUT2D eigenvalue weighted by atomic mass is 10.0. The molecule has 0 amide bonds. The van der Waals surface area contributed by atoms with Gasteiger partial charge in [0.15, 0.2) is 0 Å². The van der Waals surface area contributed by atoms with Crippen LogP contribution in [0, 0.1) is 5.41 Å². The first-order chi connectivity index (χ1) is 9.67. The van der Waals surface area contributed by atoms with Gasteiger partial charge >= 0.3 is 0 Å². The van der Waals surface area contributed by atoms with Crippen molar-refractivity contribution in [3.05, 3.63) is 18.3 Å². The van der Waals surface area contributed by atoms with Crippen molar-refractivity contribution in [3.63, 3.8) is 0 Å². The summed E-state index contributed by atoms with van der Waals surface area (Å²) in [7, 11) is -3.19. The van der Waals surface area contributed by atoms with E-state index in [0.29, 0.717) is 31.9 Å². The molecule has 0 saturated carbocycles. The van der Waals surface area contributed by atoms with E-state index in [1.54, 1.807) is 10.5 Å². The van der Waals surface area contributed by atoms with Crippen LogP contribution < -0.4 is 10.6 Å². The molecule has 0 spiro atoms. The van der Waals surface area contributed by atoms with Gasteiger partial charge in [0, 0.05) is 26.2 Å². The third-order valence-corrected chi connectivity index (χ3v) is 5.72. The molecule has 1 aromatic heterocycles. The topological polar surface area (TPSA) is 79.5 Å². The molecule has 1 fully saturated rings. The average molecular weight is 312 g/mol. The van der Waals surface area contributed by atoms with Crippen molar-refractivity contribution in [3.8, 4) is 0 Å². The lowest BCUT2D eigenvalue weighted by molar-refractivity contribution is 0.368. The minimum absolute atomic E-state index is 0.181. The Morgan fingerprint density at radius 3 is 2.29 bits per heavy atom. The van der Waals surface area contributed by atoms with E-state index in [2.05, 4.69) is 9.88 Å². The molecule has 0 radical (unpaired) electrons. The van der Waals surface area contributed by atoms with Gasteiger partial charge in [0.1, 0.15) is 5.82 Å². The second-order valence-electron chi connectivity index (χ2n) is 6.65. The van der Waals surface area contributed by atoms with E-state index in [9.17, 15) is 8.42 Å². The van der Waals surface area contributed by atoms with Crippen molar-refractivity contribution in [2.24, 2.45) is 5.41 Å². The van der Waals surface area contributed by atoms with Crippen LogP contribution in [0.1, 0.15) is 20.8 Å². The third-order valence-electron chi connectivity index (χ3n) is 3.34. The predicted octanol–water partition coefficient (Wildman–Crippen LogP) is 1.16. The molecule has 21 heavy (non-hydrogen) atoms. The van der Waals surface area contributed by atoms with Crippen molar-refractivity contribution >= 4 is 21.5 Å². The lowest BCUT2D eigenvalue weighted by Gasteiger charge is -2.35. The molecule has 118 valence electrons. The fraction of sp³-hybridized carbons (Fsp3) is 0.643. The number of rotatable bonds is 3. The monoisotopic (exact) mass is 312 g/mol. The van der Waals surface area contributed by atoms with Gasteiger partial charge in [0.2, 0.25) is 10.0 Å². The Kier molecular flexibility index (Phi) is 4.43. The summed E-state index contributed by atoms with van der Waals surface area (Å²) < 4.78 is 26.3. The van der Waals surface area contributed by atoms with Crippen LogP contribution in [0.25, 0.3) is 0 Å². The maximum atomic E-state index is 12.4. The fourth-order valence-electron chi connectivity index (χ4n) is 2.42. The largest absolute Gasteiger partial charge is 0.397 e. The molecule has 2 N–H and O–H groups in total. The molecule has 0 unspecified atom stereocenters. The van der Waals surface area contributed by atoms with E-state index in [1.807, 2.05) is 32.9 Å². The molecule has 0 atom stereocenters. The summed E-state index contributed by atoms with van der Waals surface area (Å²) in [6, 6.07) is 3.68. The number of pyridine rings is 1. The Hall–Kier alpha value is -1.34. The Morgan fingerprint density at radius 1 is 1.19 bits per heavy atom. The molecule has 0 bridgehead atoms. The Bertz CT molecular complexity index is 570. The number of nitrogens with two attached hydrogens (primary N) is 1. The summed E-state index contributed by atoms with van der Waals surface area (Å²) in [6.07, 6.45) is 1.62. The maximum Gasteiger partial charge on any atom is 0.214 e. The third kappa shape index (κ3) is 4.31. The molecule has 1 aliphatic heterocycles. The number of aromatic nitrogens is 1. The summed E-state index contributed by atoms with van der Waals surface area (Å²) in [5.74, 6) is 1.03. The van der Waals surface area contributed by atoms with Crippen molar-refractivity contribution in [2.45, 2.75) is 20.8 Å². The van der Waals surface area contributed by atoms with Crippen LogP contribution >= 0.6 is 0 Å². The Morgan fingerprint density at radius 2 is 1.81 bits per heavy atom. The molecule has 0 aromatic carbocycles. The number of anilines is 2. The van der Waals surface area contributed by atoms with Crippen molar-refractivity contribution in [1.82, 2.24) is 9.29 Å². The van der Waals surface area contributed by atoms with Crippen LogP contribution in [0.3, 0.4) is 0 Å². The normalized spacial score (nSPS) is 18.0. The lowest BCUT2D eigenvalue weighted by Crippen LogP contribution is -2.50. The van der Waals surface area contributed by atoms with Crippen molar-refractivity contribution in [1.29, 1.82) is 0 Å². The first-order valence-electron chi connectivity index (χ1n) is 7.12. The molecule has 0 aliphatic carbocycles. The second-order valence-corrected chi connectivity index (χ2v) is 8.62. The molecular weight excluding hydrogens is 288 g/mol. The fourth-order valence-corrected chi connectivity index (χ4v) is 4.42. The van der Waals surface area contributed by atoms with Crippen LogP contribution in [0.5, 0.6) is 0 Å². The van der Waals surface area contributed by atoms with Crippen LogP contribution in [0.2, 0.25) is 0 Å². The SMILES string of the molecule is CC(C)(C)CS(=O)(=O)N1CCN(c2ccc(N)cn2)CC1. The molecule has 6 nitrogen and oxygen atoms in total. The van der Waals surface area contributed by atoms with Gasteiger partial charge in [-0.05, 0) is 17.5 Å². The second kappa shape index (κ2) is 5.81. The highest BCUT2D eigenvalue weighted by Gasteiger charge is 2.30. The first-order valence-corrected chi connectivity index (χ1v) is 8.73. The number of hydrogen-bond donors (Lipinski definition) is 1. The smallest absolute Gasteiger partial charge is 0.214 e. The number of hydrogen-bond acceptors (Lipinski definition) is 5. The zero-order valence-electron chi connectivity index (χ0n) is 12.9. The van der Waals surface area contributed by atoms with Crippen LogP contribution in [0.4, 0.5) is 11.5 Å². The van der Waals surface area contributed by atoms with E-state index in [-0.39, 0.29) is 11.2 Å². The number of nitrogen functional groups attached to an aromatic ring is 1. The zero-order valence-corrected chi connectivity index (χ0v) is 13.7. The van der Waals surface area contributed by atoms with E-state index >= 15 is 0 Å². The van der Waals surface area contributed by atoms with Gasteiger partial charge in [-0.15, -0.1) is 0 Å². The Balaban J connectivity index is 1.98. The molecule has 1 aliphatic rings. The summed E-state index contributed by atoms with van der Waals surface area (Å²) in [6.45, 7) is 8.15. The number of piperazine rings is 1. The van der Waals surface area contributed by atoms with Gasteiger partial charge < -0.3 is 10.6 Å². The van der Waals surface area contributed by atoms with E-state index in [0.717, 1.165) is 5.82 Å². The summed E-state index contributed by atoms with van der Waals surface area (Å²) in [5, 5.41) is 0. The van der Waals surface area contributed by atoms with Gasteiger partial charge in [-0.25, -0.2) is 13.4 Å². The molecule has 1 saturated heterocycles. The highest BCUT2D eigenvalue weighted by Crippen LogP contribution is 2.21. The van der Waals surface area contributed by atoms with Crippen molar-refractivity contribution in [2.75, 3.05) is 42.6 Å². The molecule has 7 heteroatoms. The predicted molar refractivity (Wildman–Crippen MR) is 85.7 cm³/mol. The van der Waals surface area contributed by atoms with Gasteiger partial charge in [-0.1, -0.05) is 20.8 Å². The van der Waals surface area contributed by atoms with Crippen LogP contribution in [0.15, 0.2) is 18.3 Å². The van der Waals surface area contributed by atoms with Crippen LogP contribution in [-0.2, 0) is 10.0 Å². The number of sulfonamides is 1. The minimum Gasteiger partial charge on any atom is -0.397 e. The Labute approximate surface area is 127 Å². The van der Waals surface area contributed by atoms with Gasteiger partial charge in [-0.3, -0.25) is 0 Å². The zero-order chi connectivity index (χ0) is 15.7. The standard InChI is InChI=1S/C14H24N4O2S/c1-14(2,3)11-21(19,20)18-8-6-17(7-9-18)13-5-4-12(15)10-16-13/h4-5,10H,6-9,11,15H2,1-3H3. The summed E-state index contributed by atoms with van der Waals surface area (Å²) in [5.41, 5.74) is 6.03.